The molecule has 23 heavy (non-hydrogen) atoms. The van der Waals surface area contributed by atoms with Crippen LogP contribution in [0.2, 0.25) is 0 Å². The number of unbranched alkanes of at least 4 members (excludes halogenated alkanes) is 6. The fourth-order valence-corrected chi connectivity index (χ4v) is 3.35. The van der Waals surface area contributed by atoms with Gasteiger partial charge in [-0.2, -0.15) is 0 Å². The van der Waals surface area contributed by atoms with E-state index in [0.29, 0.717) is 0 Å². The summed E-state index contributed by atoms with van der Waals surface area (Å²) < 4.78 is 0. The molecule has 1 heteroatoms. The van der Waals surface area contributed by atoms with Gasteiger partial charge in [-0.3, -0.25) is 4.98 Å². The van der Waals surface area contributed by atoms with E-state index in [0.717, 1.165) is 6.42 Å². The molecule has 0 amide bonds. The predicted octanol–water partition coefficient (Wildman–Crippen LogP) is 6.79. The Kier molecular flexibility index (Phi) is 7.58. The van der Waals surface area contributed by atoms with Crippen molar-refractivity contribution in [2.24, 2.45) is 0 Å². The molecular formula is C22H33N. The van der Waals surface area contributed by atoms with Gasteiger partial charge in [0, 0.05) is 11.1 Å². The average Bonchev–Trinajstić information content (AvgIpc) is 2.56. The van der Waals surface area contributed by atoms with Crippen LogP contribution in [-0.4, -0.2) is 4.98 Å². The van der Waals surface area contributed by atoms with E-state index in [4.69, 9.17) is 4.98 Å². The predicted molar refractivity (Wildman–Crippen MR) is 102 cm³/mol. The first-order chi connectivity index (χ1) is 11.3. The first-order valence-corrected chi connectivity index (χ1v) is 9.64. The van der Waals surface area contributed by atoms with E-state index in [1.165, 1.54) is 85.5 Å². The second kappa shape index (κ2) is 9.70. The minimum Gasteiger partial charge on any atom is -0.253 e. The van der Waals surface area contributed by atoms with Crippen molar-refractivity contribution in [1.82, 2.24) is 4.98 Å². The van der Waals surface area contributed by atoms with Crippen molar-refractivity contribution in [3.63, 3.8) is 0 Å². The molecule has 0 unspecified atom stereocenters. The topological polar surface area (TPSA) is 12.9 Å². The van der Waals surface area contributed by atoms with Gasteiger partial charge in [-0.25, -0.2) is 0 Å². The Morgan fingerprint density at radius 1 is 0.826 bits per heavy atom. The number of fused-ring (bicyclic) bond motifs is 1. The Bertz CT molecular complexity index is 600. The molecule has 2 rings (SSSR count). The molecule has 0 aliphatic rings. The Morgan fingerprint density at radius 3 is 2.22 bits per heavy atom. The monoisotopic (exact) mass is 311 g/mol. The number of nitrogens with zero attached hydrogens (tertiary/aromatic N) is 1. The van der Waals surface area contributed by atoms with Gasteiger partial charge in [0.05, 0.1) is 5.52 Å². The van der Waals surface area contributed by atoms with Gasteiger partial charge < -0.3 is 0 Å². The first kappa shape index (κ1) is 18.0. The zero-order valence-corrected chi connectivity index (χ0v) is 15.3. The number of aromatic nitrogens is 1. The molecule has 1 heterocycles. The van der Waals surface area contributed by atoms with E-state index in [-0.39, 0.29) is 0 Å². The molecule has 0 aliphatic heterocycles. The number of hydrogen-bond acceptors (Lipinski definition) is 1. The minimum atomic E-state index is 1.13. The van der Waals surface area contributed by atoms with Crippen LogP contribution in [0.1, 0.15) is 82.0 Å². The van der Waals surface area contributed by atoms with Crippen molar-refractivity contribution in [2.75, 3.05) is 0 Å². The number of benzene rings is 1. The zero-order valence-electron chi connectivity index (χ0n) is 15.3. The molecule has 126 valence electrons. The molecule has 2 aromatic rings. The second-order valence-electron chi connectivity index (χ2n) is 6.87. The lowest BCUT2D eigenvalue weighted by Gasteiger charge is -2.11. The van der Waals surface area contributed by atoms with Crippen LogP contribution in [0.4, 0.5) is 0 Å². The van der Waals surface area contributed by atoms with Crippen molar-refractivity contribution in [3.05, 3.63) is 41.1 Å². The van der Waals surface area contributed by atoms with Crippen molar-refractivity contribution in [3.8, 4) is 0 Å². The Hall–Kier alpha value is -1.37. The third kappa shape index (κ3) is 5.34. The number of para-hydroxylation sites is 1. The molecule has 0 N–H and O–H groups in total. The van der Waals surface area contributed by atoms with Crippen molar-refractivity contribution < 1.29 is 0 Å². The molecule has 0 spiro atoms. The quantitative estimate of drug-likeness (QED) is 0.440. The summed E-state index contributed by atoms with van der Waals surface area (Å²) in [5.74, 6) is 0. The van der Waals surface area contributed by atoms with Gasteiger partial charge in [-0.1, -0.05) is 70.6 Å². The van der Waals surface area contributed by atoms with Crippen LogP contribution < -0.4 is 0 Å². The molecule has 1 aromatic carbocycles. The second-order valence-corrected chi connectivity index (χ2v) is 6.87. The normalized spacial score (nSPS) is 11.3. The lowest BCUT2D eigenvalue weighted by molar-refractivity contribution is 0.660. The average molecular weight is 312 g/mol. The molecule has 0 saturated carbocycles. The van der Waals surface area contributed by atoms with E-state index in [2.05, 4.69) is 45.0 Å². The largest absolute Gasteiger partial charge is 0.253 e. The lowest BCUT2D eigenvalue weighted by atomic mass is 9.99. The van der Waals surface area contributed by atoms with Crippen LogP contribution in [-0.2, 0) is 12.8 Å². The summed E-state index contributed by atoms with van der Waals surface area (Å²) in [6.07, 6.45) is 12.8. The first-order valence-electron chi connectivity index (χ1n) is 9.64. The van der Waals surface area contributed by atoms with Crippen LogP contribution >= 0.6 is 0 Å². The van der Waals surface area contributed by atoms with E-state index in [9.17, 15) is 0 Å². The van der Waals surface area contributed by atoms with Gasteiger partial charge in [-0.05, 0) is 49.8 Å². The van der Waals surface area contributed by atoms with Gasteiger partial charge in [-0.15, -0.1) is 0 Å². The lowest BCUT2D eigenvalue weighted by Crippen LogP contribution is -1.97. The molecular weight excluding hydrogens is 278 g/mol. The van der Waals surface area contributed by atoms with E-state index in [1.54, 1.807) is 0 Å². The Morgan fingerprint density at radius 2 is 1.52 bits per heavy atom. The Labute approximate surface area is 142 Å². The van der Waals surface area contributed by atoms with Gasteiger partial charge in [0.15, 0.2) is 0 Å². The summed E-state index contributed by atoms with van der Waals surface area (Å²) in [5.41, 5.74) is 5.37. The number of rotatable bonds is 10. The maximum Gasteiger partial charge on any atom is 0.0739 e. The molecule has 0 bridgehead atoms. The third-order valence-corrected chi connectivity index (χ3v) is 4.77. The van der Waals surface area contributed by atoms with E-state index in [1.807, 2.05) is 0 Å². The summed E-state index contributed by atoms with van der Waals surface area (Å²) in [6.45, 7) is 6.78. The third-order valence-electron chi connectivity index (χ3n) is 4.77. The molecule has 0 radical (unpaired) electrons. The molecule has 0 atom stereocenters. The van der Waals surface area contributed by atoms with Gasteiger partial charge in [0.1, 0.15) is 0 Å². The fraction of sp³-hybridized carbons (Fsp3) is 0.591. The van der Waals surface area contributed by atoms with Crippen LogP contribution in [0.15, 0.2) is 24.3 Å². The highest BCUT2D eigenvalue weighted by Gasteiger charge is 2.07. The fourth-order valence-electron chi connectivity index (χ4n) is 3.35. The molecule has 1 nitrogen and oxygen atoms in total. The summed E-state index contributed by atoms with van der Waals surface area (Å²) in [4.78, 5) is 5.03. The van der Waals surface area contributed by atoms with Crippen molar-refractivity contribution in [2.45, 2.75) is 85.0 Å². The molecule has 0 aliphatic carbocycles. The maximum absolute atomic E-state index is 5.03. The summed E-state index contributed by atoms with van der Waals surface area (Å²) in [5, 5.41) is 1.34. The van der Waals surface area contributed by atoms with Crippen LogP contribution in [0, 0.1) is 6.92 Å². The molecule has 1 aromatic heterocycles. The van der Waals surface area contributed by atoms with E-state index >= 15 is 0 Å². The van der Waals surface area contributed by atoms with Gasteiger partial charge >= 0.3 is 0 Å². The molecule has 0 saturated heterocycles. The van der Waals surface area contributed by atoms with Gasteiger partial charge in [0.25, 0.3) is 0 Å². The Balaban J connectivity index is 2.14. The molecule has 0 fully saturated rings. The van der Waals surface area contributed by atoms with Crippen LogP contribution in [0.5, 0.6) is 0 Å². The number of aryl methyl sites for hydroxylation is 3. The number of hydrogen-bond donors (Lipinski definition) is 0. The van der Waals surface area contributed by atoms with Crippen LogP contribution in [0.25, 0.3) is 10.9 Å². The maximum atomic E-state index is 5.03. The van der Waals surface area contributed by atoms with Crippen LogP contribution in [0.3, 0.4) is 0 Å². The zero-order chi connectivity index (χ0) is 16.5. The number of pyridine rings is 1. The highest BCUT2D eigenvalue weighted by molar-refractivity contribution is 5.85. The summed E-state index contributed by atoms with van der Waals surface area (Å²) in [6, 6.07) is 9.01. The van der Waals surface area contributed by atoms with Crippen molar-refractivity contribution >= 4 is 10.9 Å². The minimum absolute atomic E-state index is 1.13. The van der Waals surface area contributed by atoms with Gasteiger partial charge in [0.2, 0.25) is 0 Å². The highest BCUT2D eigenvalue weighted by Crippen LogP contribution is 2.23. The summed E-state index contributed by atoms with van der Waals surface area (Å²) in [7, 11) is 0. The SMILES string of the molecule is CCCCCCc1cc(C)c2cccc(CCCCCC)c2n1. The van der Waals surface area contributed by atoms with Crippen molar-refractivity contribution in [1.29, 1.82) is 0 Å². The smallest absolute Gasteiger partial charge is 0.0739 e. The standard InChI is InChI=1S/C22H33N/c1-4-6-8-10-13-19-14-12-16-21-18(3)17-20(23-22(19)21)15-11-9-7-5-2/h12,14,16-17H,4-11,13,15H2,1-3H3. The summed E-state index contributed by atoms with van der Waals surface area (Å²) >= 11 is 0. The highest BCUT2D eigenvalue weighted by atomic mass is 14.7. The van der Waals surface area contributed by atoms with E-state index < -0.39 is 0 Å².